The van der Waals surface area contributed by atoms with E-state index < -0.39 is 26.8 Å². The number of anilines is 1. The third-order valence-electron chi connectivity index (χ3n) is 5.58. The first-order valence-corrected chi connectivity index (χ1v) is 12.9. The molecule has 27 heavy (non-hydrogen) atoms. The third-order valence-corrected chi connectivity index (χ3v) is 10.9. The molecule has 1 aliphatic rings. The van der Waals surface area contributed by atoms with E-state index in [9.17, 15) is 9.90 Å². The number of nitrogen functional groups attached to an aromatic ring is 1. The van der Waals surface area contributed by atoms with Crippen LogP contribution < -0.4 is 11.3 Å². The van der Waals surface area contributed by atoms with Gasteiger partial charge in [0.2, 0.25) is 5.95 Å². The van der Waals surface area contributed by atoms with Crippen molar-refractivity contribution in [2.45, 2.75) is 63.8 Å². The van der Waals surface area contributed by atoms with Gasteiger partial charge >= 0.3 is 0 Å². The predicted octanol–water partition coefficient (Wildman–Crippen LogP) is 2.58. The summed E-state index contributed by atoms with van der Waals surface area (Å²) in [6, 6.07) is 0. The molecular formula is C17H27IN4O4Si. The summed E-state index contributed by atoms with van der Waals surface area (Å²) in [6.07, 6.45) is 0.724. The van der Waals surface area contributed by atoms with Gasteiger partial charge in [0.05, 0.1) is 18.1 Å². The van der Waals surface area contributed by atoms with Crippen molar-refractivity contribution in [2.75, 3.05) is 12.3 Å². The topological polar surface area (TPSA) is 115 Å². The highest BCUT2D eigenvalue weighted by Crippen LogP contribution is 2.38. The van der Waals surface area contributed by atoms with Crippen LogP contribution in [0.3, 0.4) is 0 Å². The molecule has 3 heterocycles. The molecule has 8 nitrogen and oxygen atoms in total. The number of hydrogen-bond acceptors (Lipinski definition) is 6. The lowest BCUT2D eigenvalue weighted by atomic mass is 10.2. The minimum Gasteiger partial charge on any atom is -0.414 e. The number of hydrogen-bond donors (Lipinski definition) is 3. The molecule has 0 saturated carbocycles. The molecule has 0 aliphatic carbocycles. The van der Waals surface area contributed by atoms with Gasteiger partial charge in [-0.15, -0.1) is 0 Å². The highest BCUT2D eigenvalue weighted by Gasteiger charge is 2.41. The summed E-state index contributed by atoms with van der Waals surface area (Å²) in [5, 5.41) is 11.1. The van der Waals surface area contributed by atoms with E-state index >= 15 is 0 Å². The van der Waals surface area contributed by atoms with Gasteiger partial charge in [-0.25, -0.2) is 0 Å². The quantitative estimate of drug-likeness (QED) is 0.434. The molecule has 0 bridgehead atoms. The molecule has 1 fully saturated rings. The van der Waals surface area contributed by atoms with E-state index in [4.69, 9.17) is 14.9 Å². The summed E-state index contributed by atoms with van der Waals surface area (Å²) < 4.78 is 14.8. The molecule has 3 rings (SSSR count). The minimum absolute atomic E-state index is 0.0552. The van der Waals surface area contributed by atoms with Crippen LogP contribution in [0.25, 0.3) is 11.0 Å². The number of H-pyrrole nitrogens is 1. The molecule has 3 atom stereocenters. The van der Waals surface area contributed by atoms with Crippen molar-refractivity contribution in [3.63, 3.8) is 0 Å². The molecular weight excluding hydrogens is 479 g/mol. The van der Waals surface area contributed by atoms with Gasteiger partial charge in [0, 0.05) is 16.2 Å². The average Bonchev–Trinajstić information content (AvgIpc) is 3.04. The van der Waals surface area contributed by atoms with Gasteiger partial charge in [-0.05, 0) is 40.7 Å². The van der Waals surface area contributed by atoms with Crippen molar-refractivity contribution in [3.05, 3.63) is 20.1 Å². The van der Waals surface area contributed by atoms with Crippen molar-refractivity contribution in [3.8, 4) is 0 Å². The zero-order chi connectivity index (χ0) is 20.1. The fourth-order valence-electron chi connectivity index (χ4n) is 2.89. The standard InChI is InChI=1S/C17H27IN4O4Si/c1-17(2,3)27(4,5)25-8-11-10(23)6-12(26-11)22-7-9(18)13-14(22)20-16(19)21-15(13)24/h7,10-12,23H,6,8H2,1-5H3,(H3,19,20,21,24)/t10-,11+,12?/m0/s1. The Balaban J connectivity index is 1.81. The van der Waals surface area contributed by atoms with Gasteiger partial charge in [-0.3, -0.25) is 9.78 Å². The van der Waals surface area contributed by atoms with Crippen molar-refractivity contribution in [1.29, 1.82) is 0 Å². The Bertz CT molecular complexity index is 905. The summed E-state index contributed by atoms with van der Waals surface area (Å²) >= 11 is 2.09. The van der Waals surface area contributed by atoms with Crippen molar-refractivity contribution in [1.82, 2.24) is 14.5 Å². The van der Waals surface area contributed by atoms with Crippen molar-refractivity contribution in [2.24, 2.45) is 0 Å². The van der Waals surface area contributed by atoms with Crippen molar-refractivity contribution < 1.29 is 14.3 Å². The summed E-state index contributed by atoms with van der Waals surface area (Å²) in [5.41, 5.74) is 5.89. The lowest BCUT2D eigenvalue weighted by Gasteiger charge is -2.37. The maximum absolute atomic E-state index is 12.2. The highest BCUT2D eigenvalue weighted by molar-refractivity contribution is 14.1. The summed E-state index contributed by atoms with van der Waals surface area (Å²) in [4.78, 5) is 19.0. The second kappa shape index (κ2) is 7.14. The molecule has 2 aromatic heterocycles. The Morgan fingerprint density at radius 3 is 2.81 bits per heavy atom. The third kappa shape index (κ3) is 3.95. The Labute approximate surface area is 172 Å². The molecule has 0 amide bonds. The highest BCUT2D eigenvalue weighted by atomic mass is 127. The van der Waals surface area contributed by atoms with Crippen LogP contribution in [0.1, 0.15) is 33.4 Å². The number of aromatic nitrogens is 3. The number of rotatable bonds is 4. The fraction of sp³-hybridized carbons (Fsp3) is 0.647. The SMILES string of the molecule is CC(C)(C)[Si](C)(C)OC[C@H]1OC(n2cc(I)c3c(=O)[nH]c(N)nc32)C[C@@H]1O. The van der Waals surface area contributed by atoms with Crippen LogP contribution in [-0.2, 0) is 9.16 Å². The van der Waals surface area contributed by atoms with Gasteiger partial charge in [-0.1, -0.05) is 20.8 Å². The number of nitrogens with two attached hydrogens (primary N) is 1. The smallest absolute Gasteiger partial charge is 0.262 e. The number of nitrogens with one attached hydrogen (secondary N) is 1. The molecule has 2 aromatic rings. The van der Waals surface area contributed by atoms with Crippen LogP contribution in [-0.4, -0.2) is 46.8 Å². The average molecular weight is 506 g/mol. The van der Waals surface area contributed by atoms with E-state index in [2.05, 4.69) is 66.4 Å². The number of aromatic amines is 1. The fourth-order valence-corrected chi connectivity index (χ4v) is 4.69. The number of aliphatic hydroxyl groups excluding tert-OH is 1. The van der Waals surface area contributed by atoms with E-state index in [1.54, 1.807) is 10.8 Å². The summed E-state index contributed by atoms with van der Waals surface area (Å²) in [7, 11) is -1.93. The van der Waals surface area contributed by atoms with E-state index in [-0.39, 0.29) is 16.5 Å². The molecule has 0 radical (unpaired) electrons. The van der Waals surface area contributed by atoms with E-state index in [0.717, 1.165) is 3.57 Å². The zero-order valence-corrected chi connectivity index (χ0v) is 19.4. The summed E-state index contributed by atoms with van der Waals surface area (Å²) in [5.74, 6) is 0.0552. The van der Waals surface area contributed by atoms with Crippen LogP contribution in [0.2, 0.25) is 18.1 Å². The molecule has 0 spiro atoms. The van der Waals surface area contributed by atoms with Crippen LogP contribution in [0.15, 0.2) is 11.0 Å². The monoisotopic (exact) mass is 506 g/mol. The molecule has 1 aliphatic heterocycles. The van der Waals surface area contributed by atoms with E-state index in [1.807, 2.05) is 0 Å². The van der Waals surface area contributed by atoms with Gasteiger partial charge in [0.25, 0.3) is 5.56 Å². The Hall–Kier alpha value is -0.953. The first-order chi connectivity index (χ1) is 12.4. The van der Waals surface area contributed by atoms with Crippen LogP contribution in [0, 0.1) is 3.57 Å². The maximum atomic E-state index is 12.2. The Morgan fingerprint density at radius 1 is 1.52 bits per heavy atom. The van der Waals surface area contributed by atoms with Gasteiger partial charge in [-0.2, -0.15) is 4.98 Å². The van der Waals surface area contributed by atoms with Crippen molar-refractivity contribution >= 4 is 47.9 Å². The number of fused-ring (bicyclic) bond motifs is 1. The predicted molar refractivity (Wildman–Crippen MR) is 115 cm³/mol. The lowest BCUT2D eigenvalue weighted by molar-refractivity contribution is -0.0403. The second-order valence-electron chi connectivity index (χ2n) is 8.54. The second-order valence-corrected chi connectivity index (χ2v) is 14.5. The van der Waals surface area contributed by atoms with E-state index in [1.165, 1.54) is 0 Å². The number of aliphatic hydroxyl groups is 1. The van der Waals surface area contributed by atoms with Crippen LogP contribution >= 0.6 is 22.6 Å². The van der Waals surface area contributed by atoms with Gasteiger partial charge in [0.1, 0.15) is 12.3 Å². The molecule has 4 N–H and O–H groups in total. The largest absolute Gasteiger partial charge is 0.414 e. The molecule has 0 aromatic carbocycles. The van der Waals surface area contributed by atoms with Crippen LogP contribution in [0.5, 0.6) is 0 Å². The number of nitrogens with zero attached hydrogens (tertiary/aromatic N) is 2. The lowest BCUT2D eigenvalue weighted by Crippen LogP contribution is -2.43. The molecule has 1 saturated heterocycles. The van der Waals surface area contributed by atoms with E-state index in [0.29, 0.717) is 24.1 Å². The number of ether oxygens (including phenoxy) is 1. The maximum Gasteiger partial charge on any atom is 0.262 e. The van der Waals surface area contributed by atoms with Crippen LogP contribution in [0.4, 0.5) is 5.95 Å². The Kier molecular flexibility index (Phi) is 5.49. The first kappa shape index (κ1) is 20.8. The Morgan fingerprint density at radius 2 is 2.19 bits per heavy atom. The van der Waals surface area contributed by atoms with Gasteiger partial charge in [0.15, 0.2) is 14.0 Å². The first-order valence-electron chi connectivity index (χ1n) is 8.94. The normalized spacial score (nSPS) is 24.0. The molecule has 1 unspecified atom stereocenters. The zero-order valence-electron chi connectivity index (χ0n) is 16.2. The summed E-state index contributed by atoms with van der Waals surface area (Å²) in [6.45, 7) is 11.2. The molecule has 10 heteroatoms. The number of halogens is 1. The minimum atomic E-state index is -1.93. The van der Waals surface area contributed by atoms with Gasteiger partial charge < -0.3 is 24.6 Å². The molecule has 150 valence electrons.